The molecule has 170 valence electrons. The van der Waals surface area contributed by atoms with E-state index >= 15 is 0 Å². The number of methoxy groups -OCH3 is 1. The number of amides is 3. The van der Waals surface area contributed by atoms with Crippen LogP contribution in [-0.4, -0.2) is 51.4 Å². The molecule has 3 amide bonds. The van der Waals surface area contributed by atoms with E-state index < -0.39 is 6.04 Å². The molecule has 6 rings (SSSR count). The zero-order valence-electron chi connectivity index (χ0n) is 18.8. The van der Waals surface area contributed by atoms with Crippen LogP contribution in [-0.2, 0) is 17.6 Å². The molecule has 0 saturated carbocycles. The maximum Gasteiger partial charge on any atom is 0.328 e. The Morgan fingerprint density at radius 1 is 1.03 bits per heavy atom. The summed E-state index contributed by atoms with van der Waals surface area (Å²) in [5.74, 6) is 0.601. The highest BCUT2D eigenvalue weighted by atomic mass is 16.5. The van der Waals surface area contributed by atoms with Gasteiger partial charge in [-0.2, -0.15) is 0 Å². The number of H-pyrrole nitrogens is 1. The first-order valence-electron chi connectivity index (χ1n) is 11.4. The number of hydrogen-bond acceptors (Lipinski definition) is 4. The Labute approximate surface area is 197 Å². The molecule has 34 heavy (non-hydrogen) atoms. The van der Waals surface area contributed by atoms with Gasteiger partial charge >= 0.3 is 6.03 Å². The fraction of sp³-hybridized carbons (Fsp3) is 0.222. The number of hydrogen-bond donors (Lipinski definition) is 1. The number of urea groups is 1. The van der Waals surface area contributed by atoms with Crippen LogP contribution in [0.1, 0.15) is 28.6 Å². The molecule has 1 N–H and O–H groups in total. The van der Waals surface area contributed by atoms with Crippen LogP contribution >= 0.6 is 0 Å². The Hall–Kier alpha value is -4.13. The van der Waals surface area contributed by atoms with Crippen LogP contribution in [0.25, 0.3) is 10.9 Å². The fourth-order valence-electron chi connectivity index (χ4n) is 5.24. The normalized spacial score (nSPS) is 19.4. The van der Waals surface area contributed by atoms with Gasteiger partial charge in [0.25, 0.3) is 5.91 Å². The average Bonchev–Trinajstić information content (AvgIpc) is 3.37. The standard InChI is InChI=1S/C27H24N4O3/c1-34-19-11-9-17(10-12-19)25-24-21(20-7-2-3-8-22(20)29-24)16-23-26(32)30(27(33)31(23)25)15-13-18-6-4-5-14-28-18/h2-12,14,23,25,29H,13,15-16H2,1H3/t23-,25+/m1/s1. The lowest BCUT2D eigenvalue weighted by Crippen LogP contribution is -2.44. The second-order valence-corrected chi connectivity index (χ2v) is 8.71. The number of benzene rings is 2. The first kappa shape index (κ1) is 20.5. The van der Waals surface area contributed by atoms with E-state index in [2.05, 4.69) is 16.0 Å². The summed E-state index contributed by atoms with van der Waals surface area (Å²) >= 11 is 0. The summed E-state index contributed by atoms with van der Waals surface area (Å²) < 4.78 is 5.33. The number of nitrogens with one attached hydrogen (secondary N) is 1. The molecule has 2 aromatic heterocycles. The van der Waals surface area contributed by atoms with Crippen molar-refractivity contribution in [2.45, 2.75) is 24.9 Å². The van der Waals surface area contributed by atoms with Gasteiger partial charge in [0.15, 0.2) is 0 Å². The third-order valence-electron chi connectivity index (χ3n) is 6.88. The minimum atomic E-state index is -0.532. The number of para-hydroxylation sites is 1. The van der Waals surface area contributed by atoms with Crippen molar-refractivity contribution in [3.05, 3.63) is 95.4 Å². The first-order valence-corrected chi connectivity index (χ1v) is 11.4. The number of aromatic nitrogens is 2. The molecule has 2 aliphatic rings. The van der Waals surface area contributed by atoms with Crippen LogP contribution in [0, 0.1) is 0 Å². The highest BCUT2D eigenvalue weighted by Crippen LogP contribution is 2.44. The van der Waals surface area contributed by atoms with Crippen LogP contribution in [0.5, 0.6) is 5.75 Å². The van der Waals surface area contributed by atoms with E-state index in [1.54, 1.807) is 18.2 Å². The molecule has 0 radical (unpaired) electrons. The molecule has 2 aromatic carbocycles. The summed E-state index contributed by atoms with van der Waals surface area (Å²) in [5, 5.41) is 1.10. The van der Waals surface area contributed by atoms with Crippen LogP contribution < -0.4 is 4.74 Å². The van der Waals surface area contributed by atoms with E-state index in [4.69, 9.17) is 4.74 Å². The summed E-state index contributed by atoms with van der Waals surface area (Å²) in [6.45, 7) is 0.311. The number of pyridine rings is 1. The Bertz CT molecular complexity index is 1380. The molecule has 2 atom stereocenters. The summed E-state index contributed by atoms with van der Waals surface area (Å²) in [7, 11) is 1.63. The van der Waals surface area contributed by atoms with Crippen molar-refractivity contribution >= 4 is 22.8 Å². The van der Waals surface area contributed by atoms with Gasteiger partial charge in [-0.25, -0.2) is 4.79 Å². The molecular formula is C27H24N4O3. The van der Waals surface area contributed by atoms with Crippen molar-refractivity contribution in [2.75, 3.05) is 13.7 Å². The van der Waals surface area contributed by atoms with Crippen molar-refractivity contribution in [1.82, 2.24) is 19.8 Å². The fourth-order valence-corrected chi connectivity index (χ4v) is 5.24. The Balaban J connectivity index is 1.42. The van der Waals surface area contributed by atoms with E-state index in [9.17, 15) is 9.59 Å². The minimum absolute atomic E-state index is 0.143. The molecule has 1 fully saturated rings. The molecule has 7 heteroatoms. The van der Waals surface area contributed by atoms with E-state index in [0.717, 1.165) is 39.2 Å². The Morgan fingerprint density at radius 2 is 1.82 bits per heavy atom. The van der Waals surface area contributed by atoms with Gasteiger partial charge in [0.1, 0.15) is 17.8 Å². The third-order valence-corrected chi connectivity index (χ3v) is 6.88. The minimum Gasteiger partial charge on any atom is -0.497 e. The number of carbonyl (C=O) groups is 2. The van der Waals surface area contributed by atoms with Gasteiger partial charge in [-0.05, 0) is 41.5 Å². The van der Waals surface area contributed by atoms with E-state index in [1.807, 2.05) is 60.7 Å². The smallest absolute Gasteiger partial charge is 0.328 e. The SMILES string of the molecule is COc1ccc([C@H]2c3[nH]c4ccccc4c3C[C@@H]3C(=O)N(CCc4ccccn4)C(=O)N23)cc1. The molecule has 0 bridgehead atoms. The number of nitrogens with zero attached hydrogens (tertiary/aromatic N) is 3. The second-order valence-electron chi connectivity index (χ2n) is 8.71. The summed E-state index contributed by atoms with van der Waals surface area (Å²) in [6.07, 6.45) is 2.75. The lowest BCUT2D eigenvalue weighted by atomic mass is 9.89. The molecule has 0 spiro atoms. The Morgan fingerprint density at radius 3 is 2.59 bits per heavy atom. The number of imide groups is 1. The molecule has 7 nitrogen and oxygen atoms in total. The van der Waals surface area contributed by atoms with Crippen LogP contribution in [0.2, 0.25) is 0 Å². The molecule has 4 heterocycles. The van der Waals surface area contributed by atoms with Crippen LogP contribution in [0.15, 0.2) is 72.9 Å². The third kappa shape index (κ3) is 3.15. The number of fused-ring (bicyclic) bond motifs is 4. The number of rotatable bonds is 5. The molecule has 0 unspecified atom stereocenters. The highest BCUT2D eigenvalue weighted by Gasteiger charge is 2.52. The van der Waals surface area contributed by atoms with E-state index in [1.165, 1.54) is 4.90 Å². The lowest BCUT2D eigenvalue weighted by molar-refractivity contribution is -0.128. The van der Waals surface area contributed by atoms with E-state index in [-0.39, 0.29) is 18.0 Å². The molecular weight excluding hydrogens is 428 g/mol. The van der Waals surface area contributed by atoms with Gasteiger partial charge in [-0.15, -0.1) is 0 Å². The largest absolute Gasteiger partial charge is 0.497 e. The van der Waals surface area contributed by atoms with Gasteiger partial charge in [-0.3, -0.25) is 19.6 Å². The molecule has 4 aromatic rings. The van der Waals surface area contributed by atoms with Gasteiger partial charge in [0, 0.05) is 47.9 Å². The summed E-state index contributed by atoms with van der Waals surface area (Å²) in [4.78, 5) is 38.2. The topological polar surface area (TPSA) is 78.5 Å². The van der Waals surface area contributed by atoms with Crippen LogP contribution in [0.3, 0.4) is 0 Å². The predicted molar refractivity (Wildman–Crippen MR) is 128 cm³/mol. The number of ether oxygens (including phenoxy) is 1. The maximum absolute atomic E-state index is 13.7. The Kier molecular flexibility index (Phi) is 4.83. The monoisotopic (exact) mass is 452 g/mol. The number of aromatic amines is 1. The zero-order chi connectivity index (χ0) is 23.2. The number of carbonyl (C=O) groups excluding carboxylic acids is 2. The van der Waals surface area contributed by atoms with Gasteiger partial charge in [-0.1, -0.05) is 36.4 Å². The van der Waals surface area contributed by atoms with Gasteiger partial charge in [0.2, 0.25) is 0 Å². The van der Waals surface area contributed by atoms with Crippen molar-refractivity contribution in [1.29, 1.82) is 0 Å². The van der Waals surface area contributed by atoms with Crippen LogP contribution in [0.4, 0.5) is 4.79 Å². The maximum atomic E-state index is 13.7. The van der Waals surface area contributed by atoms with Crippen molar-refractivity contribution in [3.8, 4) is 5.75 Å². The van der Waals surface area contributed by atoms with Gasteiger partial charge < -0.3 is 9.72 Å². The zero-order valence-corrected chi connectivity index (χ0v) is 18.8. The predicted octanol–water partition coefficient (Wildman–Crippen LogP) is 4.09. The van der Waals surface area contributed by atoms with Crippen molar-refractivity contribution in [3.63, 3.8) is 0 Å². The van der Waals surface area contributed by atoms with Gasteiger partial charge in [0.05, 0.1) is 7.11 Å². The average molecular weight is 453 g/mol. The van der Waals surface area contributed by atoms with Crippen molar-refractivity contribution in [2.24, 2.45) is 0 Å². The van der Waals surface area contributed by atoms with E-state index in [0.29, 0.717) is 19.4 Å². The quantitative estimate of drug-likeness (QED) is 0.463. The molecule has 2 aliphatic heterocycles. The van der Waals surface area contributed by atoms with Crippen molar-refractivity contribution < 1.29 is 14.3 Å². The summed E-state index contributed by atoms with van der Waals surface area (Å²) in [6, 6.07) is 20.3. The lowest BCUT2D eigenvalue weighted by Gasteiger charge is -2.36. The molecule has 0 aliphatic carbocycles. The molecule has 1 saturated heterocycles. The second kappa shape index (κ2) is 8.02. The highest BCUT2D eigenvalue weighted by molar-refractivity contribution is 6.05. The summed E-state index contributed by atoms with van der Waals surface area (Å²) in [5.41, 5.74) is 4.88. The first-order chi connectivity index (χ1) is 16.7.